The molecule has 0 unspecified atom stereocenters. The number of aldehydes is 1. The molecule has 0 fully saturated rings. The largest absolute Gasteiger partial charge is 0.294 e. The van der Waals surface area contributed by atoms with Crippen molar-refractivity contribution in [2.75, 3.05) is 0 Å². The van der Waals surface area contributed by atoms with Gasteiger partial charge >= 0.3 is 0 Å². The fourth-order valence-electron chi connectivity index (χ4n) is 1.25. The SMILES string of the molecule is O=Cc1nccc(-c2ccccc2Br)n1. The Bertz CT molecular complexity index is 499. The molecular weight excluding hydrogens is 256 g/mol. The third-order valence-electron chi connectivity index (χ3n) is 1.93. The number of carbonyl (C=O) groups excluding carboxylic acids is 1. The summed E-state index contributed by atoms with van der Waals surface area (Å²) in [5.74, 6) is 0.197. The van der Waals surface area contributed by atoms with Gasteiger partial charge in [0.05, 0.1) is 5.69 Å². The Hall–Kier alpha value is -1.55. The molecule has 3 nitrogen and oxygen atoms in total. The Morgan fingerprint density at radius 1 is 1.20 bits per heavy atom. The second-order valence-electron chi connectivity index (χ2n) is 2.90. The molecule has 0 radical (unpaired) electrons. The van der Waals surface area contributed by atoms with Crippen molar-refractivity contribution in [3.8, 4) is 11.3 Å². The highest BCUT2D eigenvalue weighted by Crippen LogP contribution is 2.25. The number of hydrogen-bond acceptors (Lipinski definition) is 3. The molecule has 0 saturated carbocycles. The number of carbonyl (C=O) groups is 1. The summed E-state index contributed by atoms with van der Waals surface area (Å²) < 4.78 is 0.945. The first-order valence-corrected chi connectivity index (χ1v) is 5.13. The van der Waals surface area contributed by atoms with Crippen molar-refractivity contribution in [1.82, 2.24) is 9.97 Å². The molecule has 0 aliphatic heterocycles. The summed E-state index contributed by atoms with van der Waals surface area (Å²) in [7, 11) is 0. The van der Waals surface area contributed by atoms with Crippen molar-refractivity contribution in [2.45, 2.75) is 0 Å². The van der Waals surface area contributed by atoms with Crippen molar-refractivity contribution in [3.63, 3.8) is 0 Å². The molecule has 0 bridgehead atoms. The molecule has 15 heavy (non-hydrogen) atoms. The van der Waals surface area contributed by atoms with Crippen LogP contribution in [0.5, 0.6) is 0 Å². The predicted molar refractivity (Wildman–Crippen MR) is 60.6 cm³/mol. The second kappa shape index (κ2) is 4.31. The monoisotopic (exact) mass is 262 g/mol. The lowest BCUT2D eigenvalue weighted by atomic mass is 10.1. The summed E-state index contributed by atoms with van der Waals surface area (Å²) in [6.07, 6.45) is 2.21. The summed E-state index contributed by atoms with van der Waals surface area (Å²) >= 11 is 3.43. The van der Waals surface area contributed by atoms with E-state index in [0.29, 0.717) is 6.29 Å². The highest BCUT2D eigenvalue weighted by Gasteiger charge is 2.04. The van der Waals surface area contributed by atoms with Crippen LogP contribution < -0.4 is 0 Å². The van der Waals surface area contributed by atoms with Gasteiger partial charge in [-0.25, -0.2) is 9.97 Å². The van der Waals surface area contributed by atoms with E-state index in [1.807, 2.05) is 24.3 Å². The van der Waals surface area contributed by atoms with Crippen LogP contribution in [0, 0.1) is 0 Å². The molecule has 0 N–H and O–H groups in total. The van der Waals surface area contributed by atoms with Gasteiger partial charge in [0, 0.05) is 16.2 Å². The highest BCUT2D eigenvalue weighted by atomic mass is 79.9. The van der Waals surface area contributed by atoms with Gasteiger partial charge in [-0.15, -0.1) is 0 Å². The number of benzene rings is 1. The topological polar surface area (TPSA) is 42.9 Å². The zero-order valence-electron chi connectivity index (χ0n) is 7.72. The summed E-state index contributed by atoms with van der Waals surface area (Å²) in [5, 5.41) is 0. The molecule has 1 aromatic heterocycles. The van der Waals surface area contributed by atoms with Gasteiger partial charge in [0.1, 0.15) is 0 Å². The summed E-state index contributed by atoms with van der Waals surface area (Å²) in [4.78, 5) is 18.5. The molecule has 0 atom stereocenters. The van der Waals surface area contributed by atoms with Crippen LogP contribution in [0.4, 0.5) is 0 Å². The Balaban J connectivity index is 2.54. The fourth-order valence-corrected chi connectivity index (χ4v) is 1.74. The van der Waals surface area contributed by atoms with Gasteiger partial charge in [0.15, 0.2) is 12.1 Å². The quantitative estimate of drug-likeness (QED) is 0.782. The van der Waals surface area contributed by atoms with E-state index < -0.39 is 0 Å². The van der Waals surface area contributed by atoms with E-state index in [9.17, 15) is 4.79 Å². The van der Waals surface area contributed by atoms with Crippen LogP contribution in [0.2, 0.25) is 0 Å². The third kappa shape index (κ3) is 2.10. The summed E-state index contributed by atoms with van der Waals surface area (Å²) in [6.45, 7) is 0. The minimum absolute atomic E-state index is 0.197. The van der Waals surface area contributed by atoms with E-state index in [0.717, 1.165) is 15.7 Å². The van der Waals surface area contributed by atoms with Crippen molar-refractivity contribution >= 4 is 22.2 Å². The molecule has 1 aromatic carbocycles. The average Bonchev–Trinajstić information content (AvgIpc) is 2.30. The fraction of sp³-hybridized carbons (Fsp3) is 0. The van der Waals surface area contributed by atoms with Crippen molar-refractivity contribution in [2.24, 2.45) is 0 Å². The number of nitrogens with zero attached hydrogens (tertiary/aromatic N) is 2. The van der Waals surface area contributed by atoms with Gasteiger partial charge in [-0.2, -0.15) is 0 Å². The number of aromatic nitrogens is 2. The van der Waals surface area contributed by atoms with Crippen LogP contribution in [-0.4, -0.2) is 16.3 Å². The van der Waals surface area contributed by atoms with Crippen LogP contribution in [0.3, 0.4) is 0 Å². The van der Waals surface area contributed by atoms with Crippen molar-refractivity contribution in [1.29, 1.82) is 0 Å². The molecule has 0 aliphatic rings. The lowest BCUT2D eigenvalue weighted by Gasteiger charge is -2.02. The van der Waals surface area contributed by atoms with Gasteiger partial charge < -0.3 is 0 Å². The minimum Gasteiger partial charge on any atom is -0.294 e. The summed E-state index contributed by atoms with van der Waals surface area (Å²) in [6, 6.07) is 9.48. The van der Waals surface area contributed by atoms with Crippen LogP contribution in [-0.2, 0) is 0 Å². The number of rotatable bonds is 2. The minimum atomic E-state index is 0.197. The molecule has 2 rings (SSSR count). The van der Waals surface area contributed by atoms with E-state index in [1.165, 1.54) is 0 Å². The lowest BCUT2D eigenvalue weighted by Crippen LogP contribution is -1.94. The number of hydrogen-bond donors (Lipinski definition) is 0. The first-order chi connectivity index (χ1) is 7.31. The molecule has 2 aromatic rings. The van der Waals surface area contributed by atoms with Gasteiger partial charge in [0.25, 0.3) is 0 Å². The van der Waals surface area contributed by atoms with E-state index in [2.05, 4.69) is 25.9 Å². The first-order valence-electron chi connectivity index (χ1n) is 4.34. The van der Waals surface area contributed by atoms with Crippen LogP contribution >= 0.6 is 15.9 Å². The van der Waals surface area contributed by atoms with Crippen molar-refractivity contribution in [3.05, 3.63) is 46.8 Å². The lowest BCUT2D eigenvalue weighted by molar-refractivity contribution is 0.111. The predicted octanol–water partition coefficient (Wildman–Crippen LogP) is 2.72. The molecular formula is C11H7BrN2O. The van der Waals surface area contributed by atoms with Gasteiger partial charge in [-0.3, -0.25) is 4.79 Å². The molecule has 0 spiro atoms. The Morgan fingerprint density at radius 2 is 2.00 bits per heavy atom. The Morgan fingerprint density at radius 3 is 2.73 bits per heavy atom. The zero-order chi connectivity index (χ0) is 10.7. The molecule has 4 heteroatoms. The molecule has 0 saturated heterocycles. The second-order valence-corrected chi connectivity index (χ2v) is 3.75. The van der Waals surface area contributed by atoms with Gasteiger partial charge in [-0.1, -0.05) is 34.1 Å². The van der Waals surface area contributed by atoms with E-state index >= 15 is 0 Å². The maximum atomic E-state index is 10.5. The van der Waals surface area contributed by atoms with E-state index in [-0.39, 0.29) is 5.82 Å². The maximum absolute atomic E-state index is 10.5. The Kier molecular flexibility index (Phi) is 2.87. The van der Waals surface area contributed by atoms with Gasteiger partial charge in [-0.05, 0) is 12.1 Å². The van der Waals surface area contributed by atoms with Crippen molar-refractivity contribution < 1.29 is 4.79 Å². The highest BCUT2D eigenvalue weighted by molar-refractivity contribution is 9.10. The summed E-state index contributed by atoms with van der Waals surface area (Å²) in [5.41, 5.74) is 1.68. The average molecular weight is 263 g/mol. The molecule has 0 amide bonds. The van der Waals surface area contributed by atoms with Gasteiger partial charge in [0.2, 0.25) is 0 Å². The van der Waals surface area contributed by atoms with Crippen LogP contribution in [0.25, 0.3) is 11.3 Å². The van der Waals surface area contributed by atoms with E-state index in [1.54, 1.807) is 12.3 Å². The third-order valence-corrected chi connectivity index (χ3v) is 2.62. The molecule has 1 heterocycles. The number of halogens is 1. The molecule has 74 valence electrons. The standard InChI is InChI=1S/C11H7BrN2O/c12-9-4-2-1-3-8(9)10-5-6-13-11(7-15)14-10/h1-7H. The smallest absolute Gasteiger partial charge is 0.193 e. The molecule has 0 aliphatic carbocycles. The first kappa shape index (κ1) is 9.98. The Labute approximate surface area is 95.3 Å². The van der Waals surface area contributed by atoms with Crippen LogP contribution in [0.15, 0.2) is 41.0 Å². The van der Waals surface area contributed by atoms with E-state index in [4.69, 9.17) is 0 Å². The normalized spacial score (nSPS) is 9.93. The van der Waals surface area contributed by atoms with Crippen LogP contribution in [0.1, 0.15) is 10.6 Å². The maximum Gasteiger partial charge on any atom is 0.193 e. The zero-order valence-corrected chi connectivity index (χ0v) is 9.31.